The highest BCUT2D eigenvalue weighted by Gasteiger charge is 2.27. The molecular weight excluding hydrogens is 294 g/mol. The lowest BCUT2D eigenvalue weighted by Crippen LogP contribution is -2.39. The second-order valence-corrected chi connectivity index (χ2v) is 6.42. The molecule has 0 atom stereocenters. The summed E-state index contributed by atoms with van der Waals surface area (Å²) in [5, 5.41) is 0. The van der Waals surface area contributed by atoms with Crippen molar-refractivity contribution >= 4 is 18.0 Å². The third-order valence-corrected chi connectivity index (χ3v) is 4.39. The normalized spacial score (nSPS) is 14.5. The summed E-state index contributed by atoms with van der Waals surface area (Å²) in [5.41, 5.74) is 0. The maximum atomic E-state index is 12.0. The van der Waals surface area contributed by atoms with Crippen LogP contribution in [0.2, 0.25) is 0 Å². The second kappa shape index (κ2) is 12.2. The van der Waals surface area contributed by atoms with E-state index in [1.165, 1.54) is 25.7 Å². The van der Waals surface area contributed by atoms with Gasteiger partial charge in [-0.15, -0.1) is 0 Å². The first-order valence-electron chi connectivity index (χ1n) is 9.01. The highest BCUT2D eigenvalue weighted by molar-refractivity contribution is 5.84. The molecule has 0 radical (unpaired) electrons. The van der Waals surface area contributed by atoms with Crippen LogP contribution in [0.4, 0.5) is 0 Å². The van der Waals surface area contributed by atoms with Crippen LogP contribution in [0.15, 0.2) is 0 Å². The van der Waals surface area contributed by atoms with Gasteiger partial charge in [-0.25, -0.2) is 0 Å². The molecule has 0 aliphatic heterocycles. The lowest BCUT2D eigenvalue weighted by molar-refractivity contribution is -0.145. The third kappa shape index (κ3) is 8.84. The number of rotatable bonds is 14. The summed E-state index contributed by atoms with van der Waals surface area (Å²) >= 11 is 0. The minimum atomic E-state index is -0.346. The Kier molecular flexibility index (Phi) is 10.5. The van der Waals surface area contributed by atoms with Crippen LogP contribution in [0, 0.1) is 5.92 Å². The van der Waals surface area contributed by atoms with Crippen LogP contribution in [-0.4, -0.2) is 49.2 Å². The third-order valence-electron chi connectivity index (χ3n) is 4.39. The van der Waals surface area contributed by atoms with E-state index in [0.29, 0.717) is 6.61 Å². The zero-order chi connectivity index (χ0) is 16.9. The van der Waals surface area contributed by atoms with Crippen molar-refractivity contribution in [1.29, 1.82) is 0 Å². The molecule has 0 aromatic rings. The topological polar surface area (TPSA) is 63.7 Å². The first kappa shape index (κ1) is 19.8. The Hall–Kier alpha value is -1.23. The standard InChI is InChI=1S/C18H31NO4/c1-2-3-4-5-6-7-13-23-18(22)15-19(11-12-20)14-17(21)16-9-8-10-16/h12,16H,2-11,13-15H2,1H3. The van der Waals surface area contributed by atoms with Crippen LogP contribution in [-0.2, 0) is 19.1 Å². The van der Waals surface area contributed by atoms with Crippen molar-refractivity contribution in [2.24, 2.45) is 5.92 Å². The molecule has 5 nitrogen and oxygen atoms in total. The molecule has 1 aliphatic carbocycles. The number of ether oxygens (including phenoxy) is 1. The van der Waals surface area contributed by atoms with Gasteiger partial charge in [-0.1, -0.05) is 45.4 Å². The van der Waals surface area contributed by atoms with Gasteiger partial charge >= 0.3 is 5.97 Å². The number of hydrogen-bond acceptors (Lipinski definition) is 5. The summed E-state index contributed by atoms with van der Waals surface area (Å²) in [6.07, 6.45) is 10.6. The molecule has 23 heavy (non-hydrogen) atoms. The zero-order valence-electron chi connectivity index (χ0n) is 14.4. The second-order valence-electron chi connectivity index (χ2n) is 6.42. The molecule has 132 valence electrons. The van der Waals surface area contributed by atoms with Gasteiger partial charge in [0.2, 0.25) is 0 Å². The van der Waals surface area contributed by atoms with Gasteiger partial charge in [0.15, 0.2) is 0 Å². The number of unbranched alkanes of at least 4 members (excludes halogenated alkanes) is 5. The van der Waals surface area contributed by atoms with E-state index in [9.17, 15) is 14.4 Å². The van der Waals surface area contributed by atoms with Gasteiger partial charge in [0.05, 0.1) is 26.2 Å². The van der Waals surface area contributed by atoms with Crippen molar-refractivity contribution in [3.63, 3.8) is 0 Å². The van der Waals surface area contributed by atoms with Gasteiger partial charge in [0.25, 0.3) is 0 Å². The van der Waals surface area contributed by atoms with E-state index in [0.717, 1.165) is 38.4 Å². The number of ketones is 1. The number of carbonyl (C=O) groups is 3. The average Bonchev–Trinajstić information content (AvgIpc) is 2.44. The van der Waals surface area contributed by atoms with Crippen molar-refractivity contribution in [2.75, 3.05) is 26.2 Å². The van der Waals surface area contributed by atoms with Crippen molar-refractivity contribution < 1.29 is 19.1 Å². The molecule has 1 fully saturated rings. The molecule has 5 heteroatoms. The van der Waals surface area contributed by atoms with E-state index in [1.54, 1.807) is 4.90 Å². The molecular formula is C18H31NO4. The van der Waals surface area contributed by atoms with Gasteiger partial charge in [-0.2, -0.15) is 0 Å². The Morgan fingerprint density at radius 2 is 1.78 bits per heavy atom. The van der Waals surface area contributed by atoms with E-state index >= 15 is 0 Å². The summed E-state index contributed by atoms with van der Waals surface area (Å²) in [6.45, 7) is 2.91. The lowest BCUT2D eigenvalue weighted by atomic mass is 9.82. The van der Waals surface area contributed by atoms with E-state index < -0.39 is 0 Å². The molecule has 0 unspecified atom stereocenters. The Morgan fingerprint density at radius 1 is 1.09 bits per heavy atom. The van der Waals surface area contributed by atoms with E-state index in [1.807, 2.05) is 0 Å². The molecule has 0 spiro atoms. The highest BCUT2D eigenvalue weighted by Crippen LogP contribution is 2.27. The Morgan fingerprint density at radius 3 is 2.39 bits per heavy atom. The largest absolute Gasteiger partial charge is 0.465 e. The number of esters is 1. The summed E-state index contributed by atoms with van der Waals surface area (Å²) < 4.78 is 5.20. The summed E-state index contributed by atoms with van der Waals surface area (Å²) in [6, 6.07) is 0. The average molecular weight is 325 g/mol. The van der Waals surface area contributed by atoms with Gasteiger partial charge < -0.3 is 9.53 Å². The lowest BCUT2D eigenvalue weighted by Gasteiger charge is -2.26. The van der Waals surface area contributed by atoms with Gasteiger partial charge in [-0.05, 0) is 19.3 Å². The Bertz CT molecular complexity index is 366. The van der Waals surface area contributed by atoms with Crippen LogP contribution in [0.5, 0.6) is 0 Å². The van der Waals surface area contributed by atoms with Gasteiger partial charge in [0.1, 0.15) is 12.1 Å². The van der Waals surface area contributed by atoms with Gasteiger partial charge in [0, 0.05) is 5.92 Å². The molecule has 0 bridgehead atoms. The molecule has 0 aromatic carbocycles. The van der Waals surface area contributed by atoms with Crippen LogP contribution < -0.4 is 0 Å². The van der Waals surface area contributed by atoms with Crippen LogP contribution >= 0.6 is 0 Å². The molecule has 1 rings (SSSR count). The maximum Gasteiger partial charge on any atom is 0.320 e. The van der Waals surface area contributed by atoms with Gasteiger partial charge in [-0.3, -0.25) is 14.5 Å². The zero-order valence-corrected chi connectivity index (χ0v) is 14.4. The smallest absolute Gasteiger partial charge is 0.320 e. The predicted octanol–water partition coefficient (Wildman–Crippen LogP) is 2.76. The number of nitrogens with zero attached hydrogens (tertiary/aromatic N) is 1. The quantitative estimate of drug-likeness (QED) is 0.279. The first-order chi connectivity index (χ1) is 11.2. The highest BCUT2D eigenvalue weighted by atomic mass is 16.5. The SMILES string of the molecule is CCCCCCCCOC(=O)CN(CC=O)CC(=O)C1CCC1. The van der Waals surface area contributed by atoms with Crippen LogP contribution in [0.25, 0.3) is 0 Å². The Labute approximate surface area is 139 Å². The molecule has 1 saturated carbocycles. The number of Topliss-reactive ketones (excluding diaryl/α,β-unsaturated/α-hetero) is 1. The fraction of sp³-hybridized carbons (Fsp3) is 0.833. The predicted molar refractivity (Wildman–Crippen MR) is 89.2 cm³/mol. The summed E-state index contributed by atoms with van der Waals surface area (Å²) in [5.74, 6) is -0.0769. The molecule has 0 N–H and O–H groups in total. The van der Waals surface area contributed by atoms with Crippen molar-refractivity contribution in [3.05, 3.63) is 0 Å². The monoisotopic (exact) mass is 325 g/mol. The molecule has 0 amide bonds. The first-order valence-corrected chi connectivity index (χ1v) is 9.01. The fourth-order valence-corrected chi connectivity index (χ4v) is 2.67. The number of aldehydes is 1. The minimum absolute atomic E-state index is 0.0209. The summed E-state index contributed by atoms with van der Waals surface area (Å²) in [7, 11) is 0. The Balaban J connectivity index is 2.14. The van der Waals surface area contributed by atoms with Crippen molar-refractivity contribution in [3.8, 4) is 0 Å². The minimum Gasteiger partial charge on any atom is -0.465 e. The maximum absolute atomic E-state index is 12.0. The summed E-state index contributed by atoms with van der Waals surface area (Å²) in [4.78, 5) is 36.1. The molecule has 0 heterocycles. The van der Waals surface area contributed by atoms with Crippen molar-refractivity contribution in [2.45, 2.75) is 64.7 Å². The molecule has 1 aliphatic rings. The number of hydrogen-bond donors (Lipinski definition) is 0. The molecule has 0 saturated heterocycles. The van der Waals surface area contributed by atoms with Crippen LogP contribution in [0.3, 0.4) is 0 Å². The number of carbonyl (C=O) groups excluding carboxylic acids is 3. The van der Waals surface area contributed by atoms with E-state index in [-0.39, 0.29) is 37.3 Å². The van der Waals surface area contributed by atoms with Crippen LogP contribution in [0.1, 0.15) is 64.7 Å². The van der Waals surface area contributed by atoms with Crippen molar-refractivity contribution in [1.82, 2.24) is 4.90 Å². The fourth-order valence-electron chi connectivity index (χ4n) is 2.67. The molecule has 0 aromatic heterocycles. The van der Waals surface area contributed by atoms with E-state index in [2.05, 4.69) is 6.92 Å². The van der Waals surface area contributed by atoms with E-state index in [4.69, 9.17) is 4.74 Å².